The Hall–Kier alpha value is -3.16. The zero-order chi connectivity index (χ0) is 22.8. The molecule has 5 rings (SSSR count). The van der Waals surface area contributed by atoms with Crippen molar-refractivity contribution in [3.63, 3.8) is 0 Å². The van der Waals surface area contributed by atoms with Gasteiger partial charge < -0.3 is 19.1 Å². The topological polar surface area (TPSA) is 85.1 Å². The molecule has 1 saturated carbocycles. The minimum absolute atomic E-state index is 0.334. The Bertz CT molecular complexity index is 1150. The molecule has 7 heteroatoms. The maximum absolute atomic E-state index is 11.2. The summed E-state index contributed by atoms with van der Waals surface area (Å²) in [6.45, 7) is 0. The van der Waals surface area contributed by atoms with E-state index < -0.39 is 18.3 Å². The van der Waals surface area contributed by atoms with Crippen LogP contribution in [0.4, 0.5) is 4.79 Å². The summed E-state index contributed by atoms with van der Waals surface area (Å²) in [5.41, 5.74) is 7.29. The Morgan fingerprint density at radius 1 is 1.21 bits per heavy atom. The highest BCUT2D eigenvalue weighted by atomic mass is 16.5. The SMILES string of the molecule is COC(=O)N/N=C/[C@@H]1C[C@H](O)C[C@H](n2cc(Cc3ccc(C4CC4)cc3)c3ccccc32)O1. The van der Waals surface area contributed by atoms with Crippen LogP contribution in [-0.2, 0) is 15.9 Å². The molecule has 2 aromatic carbocycles. The average Bonchev–Trinajstić information content (AvgIpc) is 3.61. The molecule has 7 nitrogen and oxygen atoms in total. The quantitative estimate of drug-likeness (QED) is 0.431. The molecule has 1 aromatic heterocycles. The fraction of sp³-hybridized carbons (Fsp3) is 0.385. The third kappa shape index (κ3) is 4.94. The Labute approximate surface area is 193 Å². The van der Waals surface area contributed by atoms with Crippen molar-refractivity contribution in [1.82, 2.24) is 9.99 Å². The highest BCUT2D eigenvalue weighted by Crippen LogP contribution is 2.40. The number of para-hydroxylation sites is 1. The number of amides is 1. The summed E-state index contributed by atoms with van der Waals surface area (Å²) in [5, 5.41) is 15.6. The summed E-state index contributed by atoms with van der Waals surface area (Å²) >= 11 is 0. The molecule has 1 aliphatic carbocycles. The molecule has 2 heterocycles. The van der Waals surface area contributed by atoms with Gasteiger partial charge in [-0.2, -0.15) is 5.10 Å². The van der Waals surface area contributed by atoms with Crippen molar-refractivity contribution in [2.75, 3.05) is 7.11 Å². The van der Waals surface area contributed by atoms with Gasteiger partial charge in [-0.25, -0.2) is 10.2 Å². The Morgan fingerprint density at radius 3 is 2.76 bits per heavy atom. The van der Waals surface area contributed by atoms with Crippen LogP contribution in [0.3, 0.4) is 0 Å². The first-order valence-corrected chi connectivity index (χ1v) is 11.5. The molecule has 1 amide bonds. The zero-order valence-corrected chi connectivity index (χ0v) is 18.7. The summed E-state index contributed by atoms with van der Waals surface area (Å²) in [6, 6.07) is 17.3. The summed E-state index contributed by atoms with van der Waals surface area (Å²) in [4.78, 5) is 11.2. The van der Waals surface area contributed by atoms with Crippen molar-refractivity contribution in [3.05, 3.63) is 71.4 Å². The molecule has 2 fully saturated rings. The number of aromatic nitrogens is 1. The van der Waals surface area contributed by atoms with E-state index in [1.54, 1.807) is 0 Å². The lowest BCUT2D eigenvalue weighted by molar-refractivity contribution is -0.0997. The fourth-order valence-electron chi connectivity index (χ4n) is 4.60. The van der Waals surface area contributed by atoms with E-state index in [2.05, 4.69) is 68.5 Å². The molecule has 0 radical (unpaired) electrons. The van der Waals surface area contributed by atoms with Gasteiger partial charge in [-0.1, -0.05) is 42.5 Å². The van der Waals surface area contributed by atoms with Gasteiger partial charge >= 0.3 is 6.09 Å². The number of carbonyl (C=O) groups excluding carboxylic acids is 1. The number of fused-ring (bicyclic) bond motifs is 1. The van der Waals surface area contributed by atoms with Crippen LogP contribution in [0, 0.1) is 0 Å². The summed E-state index contributed by atoms with van der Waals surface area (Å²) < 4.78 is 12.9. The zero-order valence-electron chi connectivity index (χ0n) is 18.7. The van der Waals surface area contributed by atoms with Gasteiger partial charge in [0, 0.05) is 24.4 Å². The molecule has 3 atom stereocenters. The van der Waals surface area contributed by atoms with Crippen molar-refractivity contribution in [2.24, 2.45) is 5.10 Å². The number of benzene rings is 2. The molecule has 0 bridgehead atoms. The second-order valence-corrected chi connectivity index (χ2v) is 8.91. The number of aliphatic hydroxyl groups is 1. The van der Waals surface area contributed by atoms with E-state index in [1.807, 2.05) is 6.07 Å². The molecule has 0 spiro atoms. The molecule has 1 aliphatic heterocycles. The number of aliphatic hydroxyl groups excluding tert-OH is 1. The van der Waals surface area contributed by atoms with E-state index in [-0.39, 0.29) is 6.23 Å². The maximum atomic E-state index is 11.2. The smallest absolute Gasteiger partial charge is 0.427 e. The molecule has 2 N–H and O–H groups in total. The van der Waals surface area contributed by atoms with Gasteiger partial charge in [0.2, 0.25) is 0 Å². The lowest BCUT2D eigenvalue weighted by Crippen LogP contribution is -2.35. The molecule has 172 valence electrons. The van der Waals surface area contributed by atoms with Gasteiger partial charge in [-0.15, -0.1) is 0 Å². The number of nitrogens with zero attached hydrogens (tertiary/aromatic N) is 2. The number of hydrazone groups is 1. The molecular weight excluding hydrogens is 418 g/mol. The highest BCUT2D eigenvalue weighted by Gasteiger charge is 2.30. The standard InChI is InChI=1S/C26H29N3O4/c1-32-26(31)28-27-15-22-13-21(30)14-25(33-22)29-16-20(23-4-2-3-5-24(23)29)12-17-6-8-18(9-7-17)19-10-11-19/h2-9,15-16,19,21-22,25,30H,10-14H2,1H3,(H,28,31)/b27-15+/t21-,22-,25+/m0/s1. The number of rotatable bonds is 6. The van der Waals surface area contributed by atoms with Gasteiger partial charge in [0.15, 0.2) is 0 Å². The second-order valence-electron chi connectivity index (χ2n) is 8.91. The largest absolute Gasteiger partial charge is 0.452 e. The van der Waals surface area contributed by atoms with Crippen molar-refractivity contribution in [1.29, 1.82) is 0 Å². The monoisotopic (exact) mass is 447 g/mol. The lowest BCUT2D eigenvalue weighted by atomic mass is 10.0. The first kappa shape index (κ1) is 21.7. The van der Waals surface area contributed by atoms with Crippen LogP contribution in [0.5, 0.6) is 0 Å². The third-order valence-electron chi connectivity index (χ3n) is 6.45. The van der Waals surface area contributed by atoms with Crippen LogP contribution >= 0.6 is 0 Å². The molecule has 2 aliphatic rings. The summed E-state index contributed by atoms with van der Waals surface area (Å²) in [7, 11) is 1.28. The predicted octanol–water partition coefficient (Wildman–Crippen LogP) is 4.49. The van der Waals surface area contributed by atoms with Gasteiger partial charge in [0.1, 0.15) is 6.23 Å². The van der Waals surface area contributed by atoms with E-state index in [0.29, 0.717) is 12.8 Å². The summed E-state index contributed by atoms with van der Waals surface area (Å²) in [5.74, 6) is 0.759. The molecule has 1 saturated heterocycles. The van der Waals surface area contributed by atoms with E-state index in [1.165, 1.54) is 48.2 Å². The van der Waals surface area contributed by atoms with E-state index in [4.69, 9.17) is 4.74 Å². The number of hydrogen-bond acceptors (Lipinski definition) is 5. The maximum Gasteiger partial charge on any atom is 0.427 e. The van der Waals surface area contributed by atoms with Crippen LogP contribution in [-0.4, -0.2) is 41.3 Å². The van der Waals surface area contributed by atoms with Gasteiger partial charge in [0.05, 0.1) is 31.0 Å². The van der Waals surface area contributed by atoms with Gasteiger partial charge in [-0.3, -0.25) is 0 Å². The van der Waals surface area contributed by atoms with Crippen LogP contribution in [0.2, 0.25) is 0 Å². The first-order chi connectivity index (χ1) is 16.1. The van der Waals surface area contributed by atoms with Gasteiger partial charge in [-0.05, 0) is 47.9 Å². The molecule has 3 aromatic rings. The van der Waals surface area contributed by atoms with Crippen molar-refractivity contribution < 1.29 is 19.4 Å². The first-order valence-electron chi connectivity index (χ1n) is 11.5. The average molecular weight is 448 g/mol. The Morgan fingerprint density at radius 2 is 2.00 bits per heavy atom. The van der Waals surface area contributed by atoms with Crippen LogP contribution < -0.4 is 5.43 Å². The summed E-state index contributed by atoms with van der Waals surface area (Å²) in [6.07, 6.45) is 6.07. The van der Waals surface area contributed by atoms with Crippen LogP contribution in [0.25, 0.3) is 10.9 Å². The second kappa shape index (κ2) is 9.37. The minimum atomic E-state index is -0.648. The normalized spacial score (nSPS) is 23.2. The molecular formula is C26H29N3O4. The fourth-order valence-corrected chi connectivity index (χ4v) is 4.60. The minimum Gasteiger partial charge on any atom is -0.452 e. The number of nitrogens with one attached hydrogen (secondary N) is 1. The third-order valence-corrected chi connectivity index (χ3v) is 6.45. The Balaban J connectivity index is 1.37. The highest BCUT2D eigenvalue weighted by molar-refractivity contribution is 5.84. The number of methoxy groups -OCH3 is 1. The van der Waals surface area contributed by atoms with Crippen molar-refractivity contribution in [3.8, 4) is 0 Å². The number of ether oxygens (including phenoxy) is 2. The molecule has 33 heavy (non-hydrogen) atoms. The Kier molecular flexibility index (Phi) is 6.15. The number of carbonyl (C=O) groups is 1. The van der Waals surface area contributed by atoms with E-state index >= 15 is 0 Å². The van der Waals surface area contributed by atoms with Crippen molar-refractivity contribution >= 4 is 23.2 Å². The van der Waals surface area contributed by atoms with E-state index in [9.17, 15) is 9.90 Å². The van der Waals surface area contributed by atoms with Gasteiger partial charge in [0.25, 0.3) is 0 Å². The lowest BCUT2D eigenvalue weighted by Gasteiger charge is -2.32. The number of hydrogen-bond donors (Lipinski definition) is 2. The molecule has 0 unspecified atom stereocenters. The van der Waals surface area contributed by atoms with Crippen LogP contribution in [0.1, 0.15) is 54.5 Å². The van der Waals surface area contributed by atoms with Crippen LogP contribution in [0.15, 0.2) is 59.8 Å². The van der Waals surface area contributed by atoms with E-state index in [0.717, 1.165) is 17.9 Å². The predicted molar refractivity (Wildman–Crippen MR) is 126 cm³/mol. The van der Waals surface area contributed by atoms with Crippen molar-refractivity contribution in [2.45, 2.75) is 56.5 Å².